The molecule has 0 aliphatic heterocycles. The molecule has 18 aromatic carbocycles. The van der Waals surface area contributed by atoms with E-state index in [4.69, 9.17) is 0 Å². The van der Waals surface area contributed by atoms with E-state index in [2.05, 4.69) is 445 Å². The van der Waals surface area contributed by atoms with Crippen LogP contribution in [0, 0.1) is 27.7 Å². The van der Waals surface area contributed by atoms with E-state index in [1.54, 1.807) is 0 Å². The first-order valence-electron chi connectivity index (χ1n) is 38.4. The molecule has 0 spiro atoms. The smallest absolute Gasteiger partial charge is 0.0547 e. The Bertz CT molecular complexity index is 7530. The van der Waals surface area contributed by atoms with Gasteiger partial charge in [0.1, 0.15) is 0 Å². The predicted octanol–water partition coefficient (Wildman–Crippen LogP) is 28.6. The highest BCUT2D eigenvalue weighted by Crippen LogP contribution is 2.42. The average molecular weight is 1420 g/mol. The number of aromatic nitrogens is 5. The van der Waals surface area contributed by atoms with Crippen molar-refractivity contribution in [2.24, 2.45) is 0 Å². The van der Waals surface area contributed by atoms with Crippen LogP contribution in [-0.2, 0) is 0 Å². The maximum Gasteiger partial charge on any atom is 0.0547 e. The molecule has 23 aromatic rings. The van der Waals surface area contributed by atoms with Crippen molar-refractivity contribution in [3.63, 3.8) is 0 Å². The second kappa shape index (κ2) is 27.5. The lowest BCUT2D eigenvalue weighted by molar-refractivity contribution is 1.17. The van der Waals surface area contributed by atoms with Gasteiger partial charge in [-0.15, -0.1) is 0 Å². The summed E-state index contributed by atoms with van der Waals surface area (Å²) in [5.41, 5.74) is 26.1. The van der Waals surface area contributed by atoms with Crippen LogP contribution in [0.4, 0.5) is 0 Å². The van der Waals surface area contributed by atoms with E-state index in [-0.39, 0.29) is 0 Å². The van der Waals surface area contributed by atoms with Crippen LogP contribution in [0.3, 0.4) is 0 Å². The first-order chi connectivity index (χ1) is 54.7. The molecule has 5 aromatic heterocycles. The summed E-state index contributed by atoms with van der Waals surface area (Å²) >= 11 is 0. The summed E-state index contributed by atoms with van der Waals surface area (Å²) in [6.45, 7) is 8.57. The van der Waals surface area contributed by atoms with Crippen LogP contribution in [0.5, 0.6) is 0 Å². The summed E-state index contributed by atoms with van der Waals surface area (Å²) in [5.74, 6) is 0. The van der Waals surface area contributed by atoms with E-state index in [0.29, 0.717) is 0 Å². The summed E-state index contributed by atoms with van der Waals surface area (Å²) in [7, 11) is 0. The van der Waals surface area contributed by atoms with Crippen LogP contribution in [0.15, 0.2) is 394 Å². The molecule has 0 saturated carbocycles. The third-order valence-corrected chi connectivity index (χ3v) is 22.4. The van der Waals surface area contributed by atoms with Gasteiger partial charge in [-0.1, -0.05) is 253 Å². The molecule has 0 atom stereocenters. The lowest BCUT2D eigenvalue weighted by Crippen LogP contribution is -1.94. The largest absolute Gasteiger partial charge is 0.309 e. The van der Waals surface area contributed by atoms with Crippen molar-refractivity contribution >= 4 is 141 Å². The highest BCUT2D eigenvalue weighted by Gasteiger charge is 2.20. The van der Waals surface area contributed by atoms with Crippen LogP contribution < -0.4 is 0 Å². The summed E-state index contributed by atoms with van der Waals surface area (Å²) < 4.78 is 11.9. The molecule has 111 heavy (non-hydrogen) atoms. The highest BCUT2D eigenvalue weighted by molar-refractivity contribution is 6.17. The van der Waals surface area contributed by atoms with Crippen LogP contribution in [0.1, 0.15) is 22.3 Å². The highest BCUT2D eigenvalue weighted by atomic mass is 15.0. The number of nitrogens with zero attached hydrogens (tertiary/aromatic N) is 5. The van der Waals surface area contributed by atoms with Crippen LogP contribution in [-0.4, -0.2) is 22.8 Å². The fourth-order valence-corrected chi connectivity index (χ4v) is 17.1. The summed E-state index contributed by atoms with van der Waals surface area (Å²) in [6.07, 6.45) is 0. The molecule has 0 fully saturated rings. The molecule has 5 heterocycles. The van der Waals surface area contributed by atoms with Gasteiger partial charge in [-0.3, -0.25) is 0 Å². The zero-order valence-corrected chi connectivity index (χ0v) is 62.3. The SMILES string of the molecule is Cc1ccc(-n2c3ccccc3c3cc(-c4ccc5c(c4)c4ccccc4n5-c4ccccc4)ccc32)cc1.Cc1ccc(-n2c3ccccc3c3cc4ccccc4cc32)cc1.Cc1ccc2c(c1)c1cc3ccccc3cc1n2-c1ccccc1.Cc1cccc(-n2c3ccccc3c3cc4ccccc4cc32)c1. The molecule has 0 aliphatic carbocycles. The number of benzene rings is 18. The molecular formula is C106H77N5. The van der Waals surface area contributed by atoms with E-state index in [9.17, 15) is 0 Å². The van der Waals surface area contributed by atoms with E-state index in [1.807, 2.05) is 0 Å². The standard InChI is InChI=1S/C37H26N2.3C23H17N/c1-25-15-19-29(20-16-25)39-35-14-8-6-12-31(35)33-24-27(18-22-37(33)39)26-17-21-36-32(23-26)30-11-5-7-13-34(30)38(36)28-9-3-2-4-10-28;1-16-7-6-10-19(13-16)24-22-12-5-4-11-20(22)21-14-17-8-2-3-9-18(17)15-23(21)24;1-16-10-12-19(13-11-16)24-22-9-5-4-8-20(22)21-14-17-6-2-3-7-18(17)15-23(21)24;1-16-11-12-22-20(13-16)21-14-17-7-5-6-8-18(17)15-23(21)24(22)19-9-3-2-4-10-19/h2-24H,1H3;3*2-15H,1H3. The maximum atomic E-state index is 2.38. The van der Waals surface area contributed by atoms with Crippen LogP contribution >= 0.6 is 0 Å². The number of hydrogen-bond acceptors (Lipinski definition) is 0. The predicted molar refractivity (Wildman–Crippen MR) is 474 cm³/mol. The zero-order chi connectivity index (χ0) is 74.2. The molecule has 0 N–H and O–H groups in total. The first kappa shape index (κ1) is 66.2. The van der Waals surface area contributed by atoms with Gasteiger partial charge in [-0.05, 0) is 234 Å². The van der Waals surface area contributed by atoms with Crippen molar-refractivity contribution in [1.29, 1.82) is 0 Å². The number of rotatable bonds is 6. The lowest BCUT2D eigenvalue weighted by Gasteiger charge is -2.09. The fourth-order valence-electron chi connectivity index (χ4n) is 17.1. The Balaban J connectivity index is 0.0000000993. The number of hydrogen-bond donors (Lipinski definition) is 0. The Morgan fingerprint density at radius 1 is 0.135 bits per heavy atom. The number of para-hydroxylation sites is 6. The summed E-state index contributed by atoms with van der Waals surface area (Å²) in [6, 6.07) is 142. The van der Waals surface area contributed by atoms with Gasteiger partial charge < -0.3 is 22.8 Å². The molecule has 0 amide bonds. The van der Waals surface area contributed by atoms with Gasteiger partial charge in [-0.25, -0.2) is 0 Å². The summed E-state index contributed by atoms with van der Waals surface area (Å²) in [5, 5.41) is 20.7. The van der Waals surface area contributed by atoms with Gasteiger partial charge in [0.15, 0.2) is 0 Å². The Morgan fingerprint density at radius 3 is 0.766 bits per heavy atom. The molecule has 0 unspecified atom stereocenters. The molecule has 5 heteroatoms. The molecular weight excluding hydrogens is 1340 g/mol. The normalized spacial score (nSPS) is 11.6. The lowest BCUT2D eigenvalue weighted by atomic mass is 10.0. The second-order valence-electron chi connectivity index (χ2n) is 29.6. The van der Waals surface area contributed by atoms with Gasteiger partial charge in [0.25, 0.3) is 0 Å². The van der Waals surface area contributed by atoms with Crippen LogP contribution in [0.2, 0.25) is 0 Å². The number of fused-ring (bicyclic) bond motifs is 18. The van der Waals surface area contributed by atoms with Crippen molar-refractivity contribution in [1.82, 2.24) is 22.8 Å². The van der Waals surface area contributed by atoms with Crippen molar-refractivity contribution in [2.45, 2.75) is 27.7 Å². The first-order valence-corrected chi connectivity index (χ1v) is 38.4. The monoisotopic (exact) mass is 1420 g/mol. The summed E-state index contributed by atoms with van der Waals surface area (Å²) in [4.78, 5) is 0. The van der Waals surface area contributed by atoms with E-state index in [0.717, 1.165) is 0 Å². The Morgan fingerprint density at radius 2 is 0.387 bits per heavy atom. The Hall–Kier alpha value is -14.3. The zero-order valence-electron chi connectivity index (χ0n) is 62.3. The number of aryl methyl sites for hydroxylation is 4. The fraction of sp³-hybridized carbons (Fsp3) is 0.0377. The minimum Gasteiger partial charge on any atom is -0.309 e. The van der Waals surface area contributed by atoms with Crippen molar-refractivity contribution in [3.8, 4) is 39.6 Å². The minimum atomic E-state index is 1.18. The van der Waals surface area contributed by atoms with E-state index >= 15 is 0 Å². The van der Waals surface area contributed by atoms with Gasteiger partial charge in [0.05, 0.1) is 55.2 Å². The topological polar surface area (TPSA) is 24.6 Å². The van der Waals surface area contributed by atoms with Gasteiger partial charge >= 0.3 is 0 Å². The van der Waals surface area contributed by atoms with Crippen molar-refractivity contribution in [2.75, 3.05) is 0 Å². The van der Waals surface area contributed by atoms with Gasteiger partial charge in [0.2, 0.25) is 0 Å². The second-order valence-corrected chi connectivity index (χ2v) is 29.6. The Kier molecular flexibility index (Phi) is 16.4. The molecule has 0 aliphatic rings. The molecule has 23 rings (SSSR count). The minimum absolute atomic E-state index is 1.18. The van der Waals surface area contributed by atoms with Crippen molar-refractivity contribution < 1.29 is 0 Å². The van der Waals surface area contributed by atoms with E-state index in [1.165, 1.54) is 203 Å². The maximum absolute atomic E-state index is 2.38. The third kappa shape index (κ3) is 11.7. The quantitative estimate of drug-likeness (QED) is 0.159. The van der Waals surface area contributed by atoms with Crippen LogP contribution in [0.25, 0.3) is 181 Å². The van der Waals surface area contributed by atoms with Gasteiger partial charge in [-0.2, -0.15) is 0 Å². The third-order valence-electron chi connectivity index (χ3n) is 22.4. The molecule has 526 valence electrons. The van der Waals surface area contributed by atoms with E-state index < -0.39 is 0 Å². The molecule has 0 bridgehead atoms. The molecule has 5 nitrogen and oxygen atoms in total. The molecule has 0 radical (unpaired) electrons. The Labute approximate surface area is 643 Å². The van der Waals surface area contributed by atoms with Crippen molar-refractivity contribution in [3.05, 3.63) is 417 Å². The van der Waals surface area contributed by atoms with Gasteiger partial charge in [0, 0.05) is 82.3 Å². The average Bonchev–Trinajstić information content (AvgIpc) is 1.62. The molecule has 0 saturated heterocycles.